The Balaban J connectivity index is 2.97. The molecule has 0 aliphatic rings. The summed E-state index contributed by atoms with van der Waals surface area (Å²) in [4.78, 5) is 15.7. The smallest absolute Gasteiger partial charge is 0.193 e. The van der Waals surface area contributed by atoms with Crippen LogP contribution in [0.15, 0.2) is 25.9 Å². The van der Waals surface area contributed by atoms with Gasteiger partial charge in [0, 0.05) is 25.6 Å². The van der Waals surface area contributed by atoms with E-state index in [-0.39, 0.29) is 11.3 Å². The molecule has 1 N–H and O–H groups in total. The number of H-pyrrole nitrogens is 1. The zero-order chi connectivity index (χ0) is 12.7. The first kappa shape index (κ1) is 12.8. The molecule has 0 unspecified atom stereocenters. The van der Waals surface area contributed by atoms with Gasteiger partial charge in [-0.2, -0.15) is 0 Å². The summed E-state index contributed by atoms with van der Waals surface area (Å²) in [6.45, 7) is 6.03. The van der Waals surface area contributed by atoms with Gasteiger partial charge in [0.25, 0.3) is 0 Å². The van der Waals surface area contributed by atoms with E-state index in [2.05, 4.69) is 36.8 Å². The predicted molar refractivity (Wildman–Crippen MR) is 78.8 cm³/mol. The Bertz CT molecular complexity index is 644. The summed E-state index contributed by atoms with van der Waals surface area (Å²) in [5.74, 6) is 0.223. The molecule has 1 heterocycles. The minimum absolute atomic E-state index is 0.119. The fourth-order valence-electron chi connectivity index (χ4n) is 2.15. The van der Waals surface area contributed by atoms with Crippen molar-refractivity contribution in [1.29, 1.82) is 0 Å². The van der Waals surface area contributed by atoms with Crippen molar-refractivity contribution >= 4 is 42.8 Å². The first-order valence-electron chi connectivity index (χ1n) is 5.43. The number of pyridine rings is 1. The van der Waals surface area contributed by atoms with Gasteiger partial charge in [-0.25, -0.2) is 0 Å². The first-order valence-corrected chi connectivity index (χ1v) is 7.02. The van der Waals surface area contributed by atoms with Crippen LogP contribution in [0.5, 0.6) is 0 Å². The van der Waals surface area contributed by atoms with Gasteiger partial charge in [0.1, 0.15) is 0 Å². The highest BCUT2D eigenvalue weighted by molar-refractivity contribution is 9.11. The van der Waals surface area contributed by atoms with Crippen molar-refractivity contribution in [2.75, 3.05) is 0 Å². The average molecular weight is 359 g/mol. The molecule has 0 fully saturated rings. The third kappa shape index (κ3) is 2.20. The molecule has 1 aromatic heterocycles. The molecule has 0 aliphatic carbocycles. The van der Waals surface area contributed by atoms with Gasteiger partial charge >= 0.3 is 0 Å². The third-order valence-electron chi connectivity index (χ3n) is 2.84. The van der Waals surface area contributed by atoms with Gasteiger partial charge in [0.15, 0.2) is 5.43 Å². The van der Waals surface area contributed by atoms with E-state index in [1.807, 2.05) is 32.9 Å². The lowest BCUT2D eigenvalue weighted by atomic mass is 9.99. The van der Waals surface area contributed by atoms with Gasteiger partial charge in [-0.1, -0.05) is 29.8 Å². The molecule has 0 amide bonds. The van der Waals surface area contributed by atoms with Gasteiger partial charge in [0.2, 0.25) is 0 Å². The van der Waals surface area contributed by atoms with E-state index in [1.165, 1.54) is 0 Å². The van der Waals surface area contributed by atoms with E-state index in [0.717, 1.165) is 31.1 Å². The van der Waals surface area contributed by atoms with Crippen LogP contribution in [0.1, 0.15) is 31.0 Å². The van der Waals surface area contributed by atoms with Crippen LogP contribution in [0.4, 0.5) is 0 Å². The Morgan fingerprint density at radius 3 is 2.47 bits per heavy atom. The molecule has 0 spiro atoms. The summed E-state index contributed by atoms with van der Waals surface area (Å²) < 4.78 is 1.80. The van der Waals surface area contributed by atoms with Gasteiger partial charge < -0.3 is 4.98 Å². The van der Waals surface area contributed by atoms with Crippen LogP contribution in [0.2, 0.25) is 0 Å². The van der Waals surface area contributed by atoms with E-state index in [9.17, 15) is 4.79 Å². The summed E-state index contributed by atoms with van der Waals surface area (Å²) in [6.07, 6.45) is 0. The molecule has 4 heteroatoms. The number of hydrogen-bond donors (Lipinski definition) is 1. The number of aromatic nitrogens is 1. The van der Waals surface area contributed by atoms with Crippen molar-refractivity contribution in [2.45, 2.75) is 26.7 Å². The summed E-state index contributed by atoms with van der Waals surface area (Å²) in [5, 5.41) is 0.723. The second-order valence-corrected chi connectivity index (χ2v) is 6.23. The topological polar surface area (TPSA) is 32.9 Å². The molecular weight excluding hydrogens is 346 g/mol. The van der Waals surface area contributed by atoms with Crippen molar-refractivity contribution in [1.82, 2.24) is 4.98 Å². The number of aryl methyl sites for hydroxylation is 1. The lowest BCUT2D eigenvalue weighted by molar-refractivity contribution is 0.838. The molecule has 0 aliphatic heterocycles. The SMILES string of the molecule is Cc1[nH]c2c(Br)cc(Br)cc2c(=O)c1C(C)C. The minimum atomic E-state index is 0.119. The molecule has 0 saturated heterocycles. The Kier molecular flexibility index (Phi) is 3.46. The number of aromatic amines is 1. The van der Waals surface area contributed by atoms with Gasteiger partial charge in [0.05, 0.1) is 5.52 Å². The average Bonchev–Trinajstić information content (AvgIpc) is 2.19. The quantitative estimate of drug-likeness (QED) is 0.800. The highest BCUT2D eigenvalue weighted by Crippen LogP contribution is 2.27. The maximum absolute atomic E-state index is 12.4. The van der Waals surface area contributed by atoms with E-state index >= 15 is 0 Å². The maximum atomic E-state index is 12.4. The number of halogens is 2. The summed E-state index contributed by atoms with van der Waals surface area (Å²) in [6, 6.07) is 3.80. The largest absolute Gasteiger partial charge is 0.357 e. The minimum Gasteiger partial charge on any atom is -0.357 e. The number of rotatable bonds is 1. The Morgan fingerprint density at radius 2 is 1.88 bits per heavy atom. The molecule has 2 rings (SSSR count). The number of fused-ring (bicyclic) bond motifs is 1. The van der Waals surface area contributed by atoms with Gasteiger partial charge in [-0.3, -0.25) is 4.79 Å². The van der Waals surface area contributed by atoms with Crippen LogP contribution in [0.3, 0.4) is 0 Å². The fraction of sp³-hybridized carbons (Fsp3) is 0.308. The Labute approximate surface area is 117 Å². The lowest BCUT2D eigenvalue weighted by Gasteiger charge is -2.12. The van der Waals surface area contributed by atoms with Crippen molar-refractivity contribution in [3.05, 3.63) is 42.6 Å². The predicted octanol–water partition coefficient (Wildman–Crippen LogP) is 4.48. The number of benzene rings is 1. The number of nitrogens with one attached hydrogen (secondary N) is 1. The van der Waals surface area contributed by atoms with Crippen LogP contribution in [-0.2, 0) is 0 Å². The molecule has 0 radical (unpaired) electrons. The molecule has 0 atom stereocenters. The standard InChI is InChI=1S/C13H13Br2NO/c1-6(2)11-7(3)16-12-9(13(11)17)4-8(14)5-10(12)15/h4-6H,1-3H3,(H,16,17). The molecule has 2 aromatic rings. The Morgan fingerprint density at radius 1 is 1.24 bits per heavy atom. The van der Waals surface area contributed by atoms with Gasteiger partial charge in [-0.05, 0) is 40.9 Å². The van der Waals surface area contributed by atoms with Crippen LogP contribution >= 0.6 is 31.9 Å². The molecule has 0 bridgehead atoms. The molecule has 17 heavy (non-hydrogen) atoms. The van der Waals surface area contributed by atoms with Crippen molar-refractivity contribution in [3.8, 4) is 0 Å². The number of hydrogen-bond acceptors (Lipinski definition) is 1. The van der Waals surface area contributed by atoms with E-state index in [4.69, 9.17) is 0 Å². The summed E-state index contributed by atoms with van der Waals surface area (Å²) in [5.41, 5.74) is 2.79. The monoisotopic (exact) mass is 357 g/mol. The van der Waals surface area contributed by atoms with Gasteiger partial charge in [-0.15, -0.1) is 0 Å². The maximum Gasteiger partial charge on any atom is 0.193 e. The zero-order valence-corrected chi connectivity index (χ0v) is 13.1. The zero-order valence-electron chi connectivity index (χ0n) is 9.90. The van der Waals surface area contributed by atoms with E-state index in [1.54, 1.807) is 0 Å². The second kappa shape index (κ2) is 4.58. The molecular formula is C13H13Br2NO. The highest BCUT2D eigenvalue weighted by Gasteiger charge is 2.14. The Hall–Kier alpha value is -0.610. The van der Waals surface area contributed by atoms with Crippen molar-refractivity contribution in [3.63, 3.8) is 0 Å². The molecule has 2 nitrogen and oxygen atoms in total. The van der Waals surface area contributed by atoms with E-state index in [0.29, 0.717) is 0 Å². The lowest BCUT2D eigenvalue weighted by Crippen LogP contribution is -2.14. The summed E-state index contributed by atoms with van der Waals surface area (Å²) >= 11 is 6.89. The third-order valence-corrected chi connectivity index (χ3v) is 3.92. The fourth-order valence-corrected chi connectivity index (χ4v) is 3.47. The van der Waals surface area contributed by atoms with Crippen LogP contribution in [0, 0.1) is 6.92 Å². The van der Waals surface area contributed by atoms with Crippen molar-refractivity contribution in [2.24, 2.45) is 0 Å². The molecule has 90 valence electrons. The van der Waals surface area contributed by atoms with Crippen molar-refractivity contribution < 1.29 is 0 Å². The van der Waals surface area contributed by atoms with Crippen LogP contribution < -0.4 is 5.43 Å². The van der Waals surface area contributed by atoms with Crippen LogP contribution in [0.25, 0.3) is 10.9 Å². The molecule has 0 saturated carbocycles. The van der Waals surface area contributed by atoms with E-state index < -0.39 is 0 Å². The second-order valence-electron chi connectivity index (χ2n) is 4.46. The first-order chi connectivity index (χ1) is 7.91. The highest BCUT2D eigenvalue weighted by atomic mass is 79.9. The summed E-state index contributed by atoms with van der Waals surface area (Å²) in [7, 11) is 0. The van der Waals surface area contributed by atoms with Crippen LogP contribution in [-0.4, -0.2) is 4.98 Å². The normalized spacial score (nSPS) is 11.4. The molecule has 1 aromatic carbocycles.